The van der Waals surface area contributed by atoms with Gasteiger partial charge in [-0.3, -0.25) is 4.79 Å². The number of nitrogens with one attached hydrogen (secondary N) is 1. The van der Waals surface area contributed by atoms with Gasteiger partial charge < -0.3 is 19.7 Å². The molecule has 2 aromatic rings. The van der Waals surface area contributed by atoms with Crippen molar-refractivity contribution in [1.29, 1.82) is 0 Å². The summed E-state index contributed by atoms with van der Waals surface area (Å²) in [6, 6.07) is 11.9. The minimum Gasteiger partial charge on any atom is -0.354 e. The van der Waals surface area contributed by atoms with Gasteiger partial charge in [-0.2, -0.15) is 0 Å². The maximum absolute atomic E-state index is 12.8. The molecule has 1 aromatic carbocycles. The van der Waals surface area contributed by atoms with Gasteiger partial charge in [0.1, 0.15) is 5.69 Å². The van der Waals surface area contributed by atoms with Crippen LogP contribution in [0.3, 0.4) is 0 Å². The van der Waals surface area contributed by atoms with Crippen LogP contribution in [0.15, 0.2) is 42.6 Å². The Kier molecular flexibility index (Phi) is 5.33. The number of carbonyl (C=O) groups excluding carboxylic acids is 1. The Morgan fingerprint density at radius 1 is 1.11 bits per heavy atom. The molecule has 0 aliphatic carbocycles. The first-order chi connectivity index (χ1) is 13.6. The monoisotopic (exact) mass is 381 g/mol. The first-order valence-corrected chi connectivity index (χ1v) is 9.95. The van der Waals surface area contributed by atoms with Crippen molar-refractivity contribution >= 4 is 17.3 Å². The summed E-state index contributed by atoms with van der Waals surface area (Å²) < 4.78 is 11.5. The number of anilines is 2. The molecule has 2 aliphatic rings. The lowest BCUT2D eigenvalue weighted by Crippen LogP contribution is -2.47. The molecule has 2 aliphatic heterocycles. The number of likely N-dealkylation sites (tertiary alicyclic amines) is 1. The van der Waals surface area contributed by atoms with Crippen LogP contribution >= 0.6 is 0 Å². The lowest BCUT2D eigenvalue weighted by molar-refractivity contribution is -0.181. The van der Waals surface area contributed by atoms with Crippen molar-refractivity contribution in [2.75, 3.05) is 31.6 Å². The number of carbonyl (C=O) groups is 1. The highest BCUT2D eigenvalue weighted by molar-refractivity contribution is 5.92. The Morgan fingerprint density at radius 3 is 2.46 bits per heavy atom. The molecular formula is C22H27N3O3. The highest BCUT2D eigenvalue weighted by Gasteiger charge is 2.41. The first-order valence-electron chi connectivity index (χ1n) is 9.95. The van der Waals surface area contributed by atoms with Crippen LogP contribution < -0.4 is 5.32 Å². The van der Waals surface area contributed by atoms with Crippen LogP contribution in [0.5, 0.6) is 0 Å². The molecule has 0 saturated carbocycles. The summed E-state index contributed by atoms with van der Waals surface area (Å²) in [5.41, 5.74) is 3.65. The highest BCUT2D eigenvalue weighted by atomic mass is 16.7. The Bertz CT molecular complexity index is 819. The van der Waals surface area contributed by atoms with E-state index in [9.17, 15) is 4.79 Å². The molecular weight excluding hydrogens is 354 g/mol. The quantitative estimate of drug-likeness (QED) is 0.869. The topological polar surface area (TPSA) is 63.7 Å². The van der Waals surface area contributed by atoms with Crippen LogP contribution in [0, 0.1) is 0 Å². The number of para-hydroxylation sites is 1. The molecule has 0 atom stereocenters. The molecule has 0 bridgehead atoms. The van der Waals surface area contributed by atoms with Crippen LogP contribution in [0.25, 0.3) is 0 Å². The summed E-state index contributed by atoms with van der Waals surface area (Å²) in [6.45, 7) is 6.88. The Balaban J connectivity index is 1.40. The summed E-state index contributed by atoms with van der Waals surface area (Å²) in [5.74, 6) is -0.0865. The van der Waals surface area contributed by atoms with Crippen molar-refractivity contribution in [1.82, 2.24) is 9.88 Å². The van der Waals surface area contributed by atoms with E-state index in [0.717, 1.165) is 11.4 Å². The van der Waals surface area contributed by atoms with Gasteiger partial charge in [0.25, 0.3) is 5.91 Å². The fourth-order valence-corrected chi connectivity index (χ4v) is 3.86. The minimum absolute atomic E-state index is 0.0398. The van der Waals surface area contributed by atoms with Gasteiger partial charge >= 0.3 is 0 Å². The van der Waals surface area contributed by atoms with Gasteiger partial charge in [0.05, 0.1) is 25.1 Å². The summed E-state index contributed by atoms with van der Waals surface area (Å²) in [5, 5.41) is 3.41. The summed E-state index contributed by atoms with van der Waals surface area (Å²) in [4.78, 5) is 19.0. The number of rotatable bonds is 4. The normalized spacial score (nSPS) is 18.6. The predicted octanol–water partition coefficient (Wildman–Crippen LogP) is 3.93. The number of pyridine rings is 1. The molecule has 1 aromatic heterocycles. The zero-order valence-electron chi connectivity index (χ0n) is 16.5. The Morgan fingerprint density at radius 2 is 1.82 bits per heavy atom. The van der Waals surface area contributed by atoms with Gasteiger partial charge in [0.2, 0.25) is 0 Å². The summed E-state index contributed by atoms with van der Waals surface area (Å²) in [7, 11) is 0. The number of aromatic nitrogens is 1. The number of nitrogens with zero attached hydrogens (tertiary/aromatic N) is 2. The van der Waals surface area contributed by atoms with Crippen molar-refractivity contribution in [3.63, 3.8) is 0 Å². The predicted molar refractivity (Wildman–Crippen MR) is 108 cm³/mol. The number of piperidine rings is 1. The van der Waals surface area contributed by atoms with Crippen molar-refractivity contribution in [3.05, 3.63) is 53.9 Å². The van der Waals surface area contributed by atoms with E-state index >= 15 is 0 Å². The van der Waals surface area contributed by atoms with E-state index < -0.39 is 5.79 Å². The van der Waals surface area contributed by atoms with Gasteiger partial charge in [0.15, 0.2) is 5.79 Å². The lowest BCUT2D eigenvalue weighted by Gasteiger charge is -2.37. The van der Waals surface area contributed by atoms with E-state index in [-0.39, 0.29) is 5.91 Å². The van der Waals surface area contributed by atoms with Crippen molar-refractivity contribution in [2.24, 2.45) is 0 Å². The van der Waals surface area contributed by atoms with Crippen LogP contribution in [-0.2, 0) is 9.47 Å². The Labute approximate surface area is 165 Å². The third-order valence-corrected chi connectivity index (χ3v) is 5.47. The number of ether oxygens (including phenoxy) is 2. The van der Waals surface area contributed by atoms with Crippen LogP contribution in [0.1, 0.15) is 48.7 Å². The van der Waals surface area contributed by atoms with Crippen molar-refractivity contribution in [2.45, 2.75) is 38.4 Å². The summed E-state index contributed by atoms with van der Waals surface area (Å²) >= 11 is 0. The van der Waals surface area contributed by atoms with E-state index in [1.807, 2.05) is 23.1 Å². The second kappa shape index (κ2) is 7.89. The second-order valence-corrected chi connectivity index (χ2v) is 7.70. The second-order valence-electron chi connectivity index (χ2n) is 7.70. The maximum Gasteiger partial charge on any atom is 0.272 e. The SMILES string of the molecule is CC(C)c1ccccc1Nc1ccc(C(=O)N2CCC3(CC2)OCCO3)nc1. The van der Waals surface area contributed by atoms with Crippen molar-refractivity contribution in [3.8, 4) is 0 Å². The van der Waals surface area contributed by atoms with Gasteiger partial charge in [-0.15, -0.1) is 0 Å². The molecule has 3 heterocycles. The maximum atomic E-state index is 12.8. The standard InChI is InChI=1S/C22H27N3O3/c1-16(2)18-5-3-4-6-19(18)24-17-7-8-20(23-15-17)21(26)25-11-9-22(10-12-25)27-13-14-28-22/h3-8,15-16,24H,9-14H2,1-2H3. The van der Waals surface area contributed by atoms with E-state index in [1.165, 1.54) is 5.56 Å². The minimum atomic E-state index is -0.470. The van der Waals surface area contributed by atoms with Gasteiger partial charge in [0, 0.05) is 31.6 Å². The molecule has 1 spiro atoms. The van der Waals surface area contributed by atoms with E-state index in [4.69, 9.17) is 9.47 Å². The molecule has 2 fully saturated rings. The fourth-order valence-electron chi connectivity index (χ4n) is 3.86. The smallest absolute Gasteiger partial charge is 0.272 e. The van der Waals surface area contributed by atoms with Gasteiger partial charge in [-0.05, 0) is 29.7 Å². The molecule has 0 radical (unpaired) electrons. The average molecular weight is 381 g/mol. The van der Waals surface area contributed by atoms with E-state index in [0.29, 0.717) is 50.8 Å². The molecule has 1 amide bonds. The highest BCUT2D eigenvalue weighted by Crippen LogP contribution is 2.32. The number of hydrogen-bond acceptors (Lipinski definition) is 5. The van der Waals surface area contributed by atoms with E-state index in [2.05, 4.69) is 36.3 Å². The van der Waals surface area contributed by atoms with Crippen LogP contribution in [-0.4, -0.2) is 47.9 Å². The molecule has 2 saturated heterocycles. The average Bonchev–Trinajstić information content (AvgIpc) is 3.17. The zero-order valence-corrected chi connectivity index (χ0v) is 16.5. The van der Waals surface area contributed by atoms with Crippen LogP contribution in [0.2, 0.25) is 0 Å². The molecule has 0 unspecified atom stereocenters. The first kappa shape index (κ1) is 18.9. The Hall–Kier alpha value is -2.44. The molecule has 148 valence electrons. The largest absolute Gasteiger partial charge is 0.354 e. The van der Waals surface area contributed by atoms with Gasteiger partial charge in [-0.1, -0.05) is 32.0 Å². The lowest BCUT2D eigenvalue weighted by atomic mass is 10.0. The van der Waals surface area contributed by atoms with E-state index in [1.54, 1.807) is 12.3 Å². The van der Waals surface area contributed by atoms with Crippen LogP contribution in [0.4, 0.5) is 11.4 Å². The molecule has 6 nitrogen and oxygen atoms in total. The molecule has 6 heteroatoms. The summed E-state index contributed by atoms with van der Waals surface area (Å²) in [6.07, 6.45) is 3.15. The van der Waals surface area contributed by atoms with Gasteiger partial charge in [-0.25, -0.2) is 4.98 Å². The third-order valence-electron chi connectivity index (χ3n) is 5.47. The molecule has 4 rings (SSSR count). The number of amides is 1. The fraction of sp³-hybridized carbons (Fsp3) is 0.455. The molecule has 28 heavy (non-hydrogen) atoms. The third kappa shape index (κ3) is 3.88. The zero-order chi connectivity index (χ0) is 19.6. The molecule has 1 N–H and O–H groups in total. The number of hydrogen-bond donors (Lipinski definition) is 1. The number of benzene rings is 1. The van der Waals surface area contributed by atoms with Crippen molar-refractivity contribution < 1.29 is 14.3 Å².